The van der Waals surface area contributed by atoms with Crippen LogP contribution >= 0.6 is 0 Å². The lowest BCUT2D eigenvalue weighted by molar-refractivity contribution is -0.141. The van der Waals surface area contributed by atoms with E-state index in [1.807, 2.05) is 0 Å². The van der Waals surface area contributed by atoms with Gasteiger partial charge in [-0.1, -0.05) is 0 Å². The molecule has 0 amide bonds. The van der Waals surface area contributed by atoms with Crippen molar-refractivity contribution in [3.05, 3.63) is 33.4 Å². The van der Waals surface area contributed by atoms with E-state index in [1.54, 1.807) is 310 Å². The van der Waals surface area contributed by atoms with Gasteiger partial charge in [-0.3, -0.25) is 9.69 Å². The lowest BCUT2D eigenvalue weighted by atomic mass is 9.44. The molecule has 33 rings (SSSR count). The number of hydrogen-bond acceptors (Lipinski definition) is 3. The quantitative estimate of drug-likeness (QED) is 0.128. The van der Waals surface area contributed by atoms with Gasteiger partial charge in [-0.15, -0.1) is 0 Å². The summed E-state index contributed by atoms with van der Waals surface area (Å²) < 4.78 is 5.66. The van der Waals surface area contributed by atoms with Crippen molar-refractivity contribution in [1.82, 2.24) is 4.90 Å². The first-order chi connectivity index (χ1) is 33.8. The molecule has 3 nitrogen and oxygen atoms in total. The number of esters is 1. The first-order valence-corrected chi connectivity index (χ1v) is 25.6. The van der Waals surface area contributed by atoms with Crippen LogP contribution in [0.4, 0.5) is 0 Å². The zero-order chi connectivity index (χ0) is 40.5. The molecule has 26 aromatic rings. The van der Waals surface area contributed by atoms with Gasteiger partial charge in [0.1, 0.15) is 0 Å². The standard InChI is InChI=1S/C65H11NO2/c1-68-5(67)2-66-3-64-60-53-46-34-26-17-8-6-7-9-12(8)21-28(26)36-37-29(21)27-18(9)20-16-11(7)14-13-10(6)15-19(17)32(34)40-38-24(15)22(13)30-31-23(14)25(16)39-41-33(20)35(27)47-49(37)58(57(60)48(36)46)61-54(47)52(41)56-45(39)43(31)50-42(30)44(38)55(51(40)53)62(64)59(50)63(56)65(61,64)4-66/h60-61H,2-4H2,1H3. The topological polar surface area (TPSA) is 29.5 Å². The van der Waals surface area contributed by atoms with Crippen LogP contribution in [0.15, 0.2) is 0 Å². The predicted octanol–water partition coefficient (Wildman–Crippen LogP) is 15.4. The van der Waals surface area contributed by atoms with Crippen LogP contribution in [-0.2, 0) is 20.4 Å². The van der Waals surface area contributed by atoms with Crippen LogP contribution < -0.4 is 0 Å². The predicted molar refractivity (Wildman–Crippen MR) is 279 cm³/mol. The normalized spacial score (nSPS) is 25.8. The summed E-state index contributed by atoms with van der Waals surface area (Å²) in [5.74, 6) is 0.431. The lowest BCUT2D eigenvalue weighted by Gasteiger charge is -2.56. The van der Waals surface area contributed by atoms with Crippen molar-refractivity contribution < 1.29 is 9.53 Å². The Hall–Kier alpha value is -7.85. The van der Waals surface area contributed by atoms with Crippen LogP contribution in [-0.4, -0.2) is 37.6 Å². The largest absolute Gasteiger partial charge is 0.468 e. The van der Waals surface area contributed by atoms with E-state index in [4.69, 9.17) is 4.74 Å². The fraction of sp³-hybridized carbons (Fsp3) is 0.123. The molecule has 0 radical (unpaired) electrons. The molecule has 2 spiro atoms. The summed E-state index contributed by atoms with van der Waals surface area (Å²) in [5.41, 5.74) is 10.0. The van der Waals surface area contributed by atoms with Gasteiger partial charge in [0.05, 0.1) is 13.7 Å². The molecular weight excluding hydrogens is 827 g/mol. The molecule has 0 N–H and O–H groups in total. The average molecular weight is 838 g/mol. The van der Waals surface area contributed by atoms with Crippen molar-refractivity contribution >= 4 is 275 Å². The zero-order valence-corrected chi connectivity index (χ0v) is 35.0. The Morgan fingerprint density at radius 1 is 0.324 bits per heavy atom. The van der Waals surface area contributed by atoms with Gasteiger partial charge < -0.3 is 4.74 Å². The molecule has 1 saturated heterocycles. The Bertz CT molecular complexity index is 6760. The number of nitrogens with zero attached hydrogens (tertiary/aromatic N) is 1. The highest BCUT2D eigenvalue weighted by atomic mass is 16.5. The number of likely N-dealkylation sites (tertiary alicyclic amines) is 1. The highest BCUT2D eigenvalue weighted by Crippen LogP contribution is 2.88. The molecule has 0 bridgehead atoms. The number of carbonyl (C=O) groups is 1. The fourth-order valence-corrected chi connectivity index (χ4v) is 26.0. The summed E-state index contributed by atoms with van der Waals surface area (Å²) in [4.78, 5) is 16.6. The number of methoxy groups -OCH3 is 1. The van der Waals surface area contributed by atoms with Crippen molar-refractivity contribution in [3.63, 3.8) is 0 Å². The van der Waals surface area contributed by atoms with E-state index in [0.29, 0.717) is 6.54 Å². The molecule has 4 atom stereocenters. The van der Waals surface area contributed by atoms with E-state index in [2.05, 4.69) is 4.90 Å². The van der Waals surface area contributed by atoms with Crippen molar-refractivity contribution in [1.29, 1.82) is 0 Å². The molecule has 6 aliphatic carbocycles. The Kier molecular flexibility index (Phi) is 2.10. The number of ether oxygens (including phenoxy) is 1. The smallest absolute Gasteiger partial charge is 0.319 e. The highest BCUT2D eigenvalue weighted by Gasteiger charge is 2.78. The van der Waals surface area contributed by atoms with Crippen LogP contribution in [0.1, 0.15) is 45.2 Å². The average Bonchev–Trinajstić information content (AvgIpc) is 4.31. The monoisotopic (exact) mass is 837 g/mol. The maximum absolute atomic E-state index is 13.9. The van der Waals surface area contributed by atoms with Gasteiger partial charge in [0.15, 0.2) is 0 Å². The SMILES string of the molecule is COC(=O)CN1CC23c4c5c6c7c8c9c%10c%11c(c%12c%13c%14c(c%15c4c4c%16c5c5c7c7c8c8c%10c%10c%17c%11c%13c%11c%13c%14c%14c%15c4c4c%15c%16c5c5c7c7c8c%10c8c(c%11%17)c%10c%13c%14c4c4c%15c5c7c8c%104)C%122)C9C63C1. The molecule has 0 aromatic heterocycles. The summed E-state index contributed by atoms with van der Waals surface area (Å²) in [6.45, 7) is 2.20. The molecule has 288 valence electrons. The van der Waals surface area contributed by atoms with Gasteiger partial charge in [-0.25, -0.2) is 0 Å². The Morgan fingerprint density at radius 3 is 0.794 bits per heavy atom. The fourth-order valence-electron chi connectivity index (χ4n) is 26.0. The van der Waals surface area contributed by atoms with Crippen molar-refractivity contribution in [2.45, 2.75) is 22.7 Å². The summed E-state index contributed by atoms with van der Waals surface area (Å²) in [6, 6.07) is 0. The Labute approximate surface area is 370 Å². The van der Waals surface area contributed by atoms with Gasteiger partial charge >= 0.3 is 5.97 Å². The van der Waals surface area contributed by atoms with E-state index in [9.17, 15) is 4.79 Å². The molecule has 3 heteroatoms. The van der Waals surface area contributed by atoms with E-state index in [1.165, 1.54) is 0 Å². The van der Waals surface area contributed by atoms with Gasteiger partial charge in [-0.2, -0.15) is 0 Å². The van der Waals surface area contributed by atoms with Gasteiger partial charge in [0.2, 0.25) is 0 Å². The minimum Gasteiger partial charge on any atom is -0.468 e. The van der Waals surface area contributed by atoms with Crippen molar-refractivity contribution in [2.24, 2.45) is 0 Å². The second-order valence-corrected chi connectivity index (χ2v) is 25.7. The van der Waals surface area contributed by atoms with Gasteiger partial charge in [0.25, 0.3) is 0 Å². The molecular formula is C65H11NO2. The van der Waals surface area contributed by atoms with E-state index < -0.39 is 0 Å². The molecule has 7 aliphatic rings. The summed E-state index contributed by atoms with van der Waals surface area (Å²) in [7, 11) is 1.61. The second-order valence-electron chi connectivity index (χ2n) is 25.7. The third-order valence-electron chi connectivity index (χ3n) is 25.8. The Balaban J connectivity index is 1.18. The summed E-state index contributed by atoms with van der Waals surface area (Å²) >= 11 is 0. The second kappa shape index (κ2) is 5.65. The molecule has 4 unspecified atom stereocenters. The number of carbonyl (C=O) groups excluding carboxylic acids is 1. The van der Waals surface area contributed by atoms with E-state index in [-0.39, 0.29) is 28.6 Å². The third kappa shape index (κ3) is 1.31. The maximum Gasteiger partial charge on any atom is 0.319 e. The third-order valence-corrected chi connectivity index (χ3v) is 25.8. The molecule has 0 saturated carbocycles. The molecule has 68 heavy (non-hydrogen) atoms. The van der Waals surface area contributed by atoms with Crippen LogP contribution in [0.5, 0.6) is 0 Å². The summed E-state index contributed by atoms with van der Waals surface area (Å²) in [5, 5.41) is 82.7. The van der Waals surface area contributed by atoms with Crippen molar-refractivity contribution in [2.75, 3.05) is 26.7 Å². The van der Waals surface area contributed by atoms with Crippen LogP contribution in [0.25, 0.3) is 269 Å². The van der Waals surface area contributed by atoms with E-state index in [0.717, 1.165) is 13.1 Å². The highest BCUT2D eigenvalue weighted by molar-refractivity contribution is 6.80. The first kappa shape index (κ1) is 25.3. The summed E-state index contributed by atoms with van der Waals surface area (Å²) in [6.07, 6.45) is 0. The minimum atomic E-state index is -0.207. The number of hydrogen-bond donors (Lipinski definition) is 0. The van der Waals surface area contributed by atoms with Crippen molar-refractivity contribution in [3.8, 4) is 0 Å². The van der Waals surface area contributed by atoms with Crippen LogP contribution in [0.2, 0.25) is 0 Å². The van der Waals surface area contributed by atoms with Gasteiger partial charge in [-0.05, 0) is 303 Å². The maximum atomic E-state index is 13.9. The molecule has 26 aromatic carbocycles. The van der Waals surface area contributed by atoms with E-state index >= 15 is 0 Å². The first-order valence-electron chi connectivity index (χ1n) is 25.6. The van der Waals surface area contributed by atoms with Gasteiger partial charge in [0, 0.05) is 35.8 Å². The minimum absolute atomic E-state index is 0.0847. The Morgan fingerprint density at radius 2 is 0.529 bits per heavy atom. The lowest BCUT2D eigenvalue weighted by Crippen LogP contribution is -2.56. The number of benzene rings is 17. The number of rotatable bonds is 2. The molecule has 1 heterocycles. The molecule has 1 aliphatic heterocycles. The zero-order valence-electron chi connectivity index (χ0n) is 35.0. The van der Waals surface area contributed by atoms with Crippen LogP contribution in [0, 0.1) is 0 Å². The van der Waals surface area contributed by atoms with Crippen LogP contribution in [0.3, 0.4) is 0 Å². The molecule has 1 fully saturated rings.